The van der Waals surface area contributed by atoms with E-state index in [0.29, 0.717) is 31.1 Å². The molecule has 0 radical (unpaired) electrons. The largest absolute Gasteiger partial charge is 0.491 e. The Labute approximate surface area is 202 Å². The van der Waals surface area contributed by atoms with Gasteiger partial charge in [0.1, 0.15) is 12.4 Å². The van der Waals surface area contributed by atoms with Gasteiger partial charge in [0, 0.05) is 57.6 Å². The van der Waals surface area contributed by atoms with Crippen molar-refractivity contribution in [3.63, 3.8) is 0 Å². The maximum atomic E-state index is 12.8. The molecule has 0 spiro atoms. The minimum Gasteiger partial charge on any atom is -0.491 e. The van der Waals surface area contributed by atoms with Crippen LogP contribution in [0.4, 0.5) is 5.69 Å². The Morgan fingerprint density at radius 3 is 2.35 bits per heavy atom. The summed E-state index contributed by atoms with van der Waals surface area (Å²) in [5, 5.41) is 3.07. The van der Waals surface area contributed by atoms with Crippen molar-refractivity contribution in [2.75, 3.05) is 51.4 Å². The SMILES string of the molecule is COCCOc1cccc(C(=O)NCc2ccccc2CN2CCN(c3ccccc3)CC2)c1. The van der Waals surface area contributed by atoms with Crippen LogP contribution in [0.1, 0.15) is 21.5 Å². The Bertz CT molecular complexity index is 1050. The van der Waals surface area contributed by atoms with Gasteiger partial charge in [-0.3, -0.25) is 9.69 Å². The molecule has 1 fully saturated rings. The fraction of sp³-hybridized carbons (Fsp3) is 0.321. The van der Waals surface area contributed by atoms with Gasteiger partial charge in [0.25, 0.3) is 5.91 Å². The summed E-state index contributed by atoms with van der Waals surface area (Å²) in [6.07, 6.45) is 0. The number of hydrogen-bond acceptors (Lipinski definition) is 5. The van der Waals surface area contributed by atoms with Crippen molar-refractivity contribution >= 4 is 11.6 Å². The molecular formula is C28H33N3O3. The highest BCUT2D eigenvalue weighted by atomic mass is 16.5. The Morgan fingerprint density at radius 2 is 1.59 bits per heavy atom. The molecule has 1 saturated heterocycles. The monoisotopic (exact) mass is 459 g/mol. The van der Waals surface area contributed by atoms with Gasteiger partial charge < -0.3 is 19.7 Å². The zero-order valence-corrected chi connectivity index (χ0v) is 19.8. The number of nitrogens with one attached hydrogen (secondary N) is 1. The van der Waals surface area contributed by atoms with Crippen LogP contribution in [0.5, 0.6) is 5.75 Å². The quantitative estimate of drug-likeness (QED) is 0.465. The molecule has 0 unspecified atom stereocenters. The summed E-state index contributed by atoms with van der Waals surface area (Å²) in [6.45, 7) is 6.42. The lowest BCUT2D eigenvalue weighted by atomic mass is 10.1. The van der Waals surface area contributed by atoms with Gasteiger partial charge in [-0.15, -0.1) is 0 Å². The fourth-order valence-corrected chi connectivity index (χ4v) is 4.18. The van der Waals surface area contributed by atoms with Crippen LogP contribution in [-0.4, -0.2) is 57.3 Å². The lowest BCUT2D eigenvalue weighted by Crippen LogP contribution is -2.46. The zero-order chi connectivity index (χ0) is 23.6. The first-order chi connectivity index (χ1) is 16.7. The Balaban J connectivity index is 1.31. The normalized spacial score (nSPS) is 14.1. The predicted molar refractivity (Wildman–Crippen MR) is 135 cm³/mol. The number of carbonyl (C=O) groups excluding carboxylic acids is 1. The number of piperazine rings is 1. The number of methoxy groups -OCH3 is 1. The topological polar surface area (TPSA) is 54.0 Å². The molecule has 6 nitrogen and oxygen atoms in total. The molecule has 1 N–H and O–H groups in total. The van der Waals surface area contributed by atoms with Gasteiger partial charge in [0.05, 0.1) is 6.61 Å². The first-order valence-electron chi connectivity index (χ1n) is 11.8. The van der Waals surface area contributed by atoms with Crippen LogP contribution in [0, 0.1) is 0 Å². The second-order valence-corrected chi connectivity index (χ2v) is 8.42. The maximum absolute atomic E-state index is 12.8. The first kappa shape index (κ1) is 23.8. The molecule has 34 heavy (non-hydrogen) atoms. The highest BCUT2D eigenvalue weighted by Crippen LogP contribution is 2.19. The van der Waals surface area contributed by atoms with Crippen LogP contribution in [0.25, 0.3) is 0 Å². The highest BCUT2D eigenvalue weighted by Gasteiger charge is 2.18. The minimum atomic E-state index is -0.108. The molecule has 1 amide bonds. The van der Waals surface area contributed by atoms with E-state index in [2.05, 4.69) is 63.6 Å². The van der Waals surface area contributed by atoms with Crippen LogP contribution in [0.15, 0.2) is 78.9 Å². The molecule has 4 rings (SSSR count). The summed E-state index contributed by atoms with van der Waals surface area (Å²) in [5.74, 6) is 0.559. The van der Waals surface area contributed by atoms with Crippen molar-refractivity contribution in [1.29, 1.82) is 0 Å². The average Bonchev–Trinajstić information content (AvgIpc) is 2.89. The predicted octanol–water partition coefficient (Wildman–Crippen LogP) is 3.96. The molecule has 178 valence electrons. The van der Waals surface area contributed by atoms with Crippen molar-refractivity contribution < 1.29 is 14.3 Å². The second-order valence-electron chi connectivity index (χ2n) is 8.42. The van der Waals surface area contributed by atoms with Crippen LogP contribution in [0.3, 0.4) is 0 Å². The van der Waals surface area contributed by atoms with E-state index in [1.165, 1.54) is 11.3 Å². The lowest BCUT2D eigenvalue weighted by Gasteiger charge is -2.36. The van der Waals surface area contributed by atoms with Gasteiger partial charge in [-0.2, -0.15) is 0 Å². The van der Waals surface area contributed by atoms with Gasteiger partial charge in [0.2, 0.25) is 0 Å². The number of anilines is 1. The molecule has 0 aliphatic carbocycles. The molecule has 1 aliphatic heterocycles. The number of hydrogen-bond donors (Lipinski definition) is 1. The molecular weight excluding hydrogens is 426 g/mol. The van der Waals surface area contributed by atoms with E-state index in [1.54, 1.807) is 19.2 Å². The molecule has 6 heteroatoms. The van der Waals surface area contributed by atoms with Crippen LogP contribution in [0.2, 0.25) is 0 Å². The molecule has 0 atom stereocenters. The maximum Gasteiger partial charge on any atom is 0.251 e. The molecule has 0 bridgehead atoms. The summed E-state index contributed by atoms with van der Waals surface area (Å²) in [4.78, 5) is 17.7. The number of rotatable bonds is 10. The van der Waals surface area contributed by atoms with E-state index in [0.717, 1.165) is 38.3 Å². The van der Waals surface area contributed by atoms with Gasteiger partial charge in [-0.05, 0) is 41.5 Å². The number of benzene rings is 3. The minimum absolute atomic E-state index is 0.108. The van der Waals surface area contributed by atoms with E-state index in [4.69, 9.17) is 9.47 Å². The number of carbonyl (C=O) groups is 1. The summed E-state index contributed by atoms with van der Waals surface area (Å²) >= 11 is 0. The van der Waals surface area contributed by atoms with E-state index in [1.807, 2.05) is 18.2 Å². The molecule has 3 aromatic rings. The third-order valence-corrected chi connectivity index (χ3v) is 6.10. The average molecular weight is 460 g/mol. The molecule has 0 aromatic heterocycles. The third-order valence-electron chi connectivity index (χ3n) is 6.10. The fourth-order valence-electron chi connectivity index (χ4n) is 4.18. The number of ether oxygens (including phenoxy) is 2. The van der Waals surface area contributed by atoms with Crippen LogP contribution >= 0.6 is 0 Å². The van der Waals surface area contributed by atoms with E-state index < -0.39 is 0 Å². The Morgan fingerprint density at radius 1 is 0.853 bits per heavy atom. The van der Waals surface area contributed by atoms with E-state index in [-0.39, 0.29) is 5.91 Å². The number of amides is 1. The third kappa shape index (κ3) is 6.59. The summed E-state index contributed by atoms with van der Waals surface area (Å²) in [7, 11) is 1.63. The highest BCUT2D eigenvalue weighted by molar-refractivity contribution is 5.94. The van der Waals surface area contributed by atoms with Crippen LogP contribution < -0.4 is 15.0 Å². The smallest absolute Gasteiger partial charge is 0.251 e. The lowest BCUT2D eigenvalue weighted by molar-refractivity contribution is 0.0950. The van der Waals surface area contributed by atoms with Crippen molar-refractivity contribution in [2.24, 2.45) is 0 Å². The first-order valence-corrected chi connectivity index (χ1v) is 11.8. The second kappa shape index (κ2) is 12.2. The van der Waals surface area contributed by atoms with Crippen molar-refractivity contribution in [1.82, 2.24) is 10.2 Å². The van der Waals surface area contributed by atoms with E-state index in [9.17, 15) is 4.79 Å². The standard InChI is InChI=1S/C28H33N3O3/c1-33-18-19-34-27-13-7-10-23(20-27)28(32)29-21-24-8-5-6-9-25(24)22-30-14-16-31(17-15-30)26-11-3-2-4-12-26/h2-13,20H,14-19,21-22H2,1H3,(H,29,32). The molecule has 1 aliphatic rings. The van der Waals surface area contributed by atoms with Crippen molar-refractivity contribution in [2.45, 2.75) is 13.1 Å². The number of para-hydroxylation sites is 1. The summed E-state index contributed by atoms with van der Waals surface area (Å²) in [6, 6.07) is 26.2. The van der Waals surface area contributed by atoms with Gasteiger partial charge in [0.15, 0.2) is 0 Å². The number of nitrogens with zero attached hydrogens (tertiary/aromatic N) is 2. The Hall–Kier alpha value is -3.35. The summed E-state index contributed by atoms with van der Waals surface area (Å²) < 4.78 is 10.6. The van der Waals surface area contributed by atoms with Crippen LogP contribution in [-0.2, 0) is 17.8 Å². The molecule has 0 saturated carbocycles. The Kier molecular flexibility index (Phi) is 8.54. The van der Waals surface area contributed by atoms with Gasteiger partial charge in [-0.1, -0.05) is 48.5 Å². The summed E-state index contributed by atoms with van der Waals surface area (Å²) in [5.41, 5.74) is 4.28. The van der Waals surface area contributed by atoms with Gasteiger partial charge >= 0.3 is 0 Å². The van der Waals surface area contributed by atoms with Gasteiger partial charge in [-0.25, -0.2) is 0 Å². The van der Waals surface area contributed by atoms with E-state index >= 15 is 0 Å². The molecule has 3 aromatic carbocycles. The van der Waals surface area contributed by atoms with Crippen molar-refractivity contribution in [3.05, 3.63) is 95.6 Å². The molecule has 1 heterocycles. The van der Waals surface area contributed by atoms with Crippen molar-refractivity contribution in [3.8, 4) is 5.75 Å². The zero-order valence-electron chi connectivity index (χ0n) is 19.8.